The van der Waals surface area contributed by atoms with Gasteiger partial charge in [0.1, 0.15) is 6.54 Å². The van der Waals surface area contributed by atoms with Crippen LogP contribution < -0.4 is 17.7 Å². The summed E-state index contributed by atoms with van der Waals surface area (Å²) >= 11 is 0. The van der Waals surface area contributed by atoms with Gasteiger partial charge in [-0.25, -0.2) is 0 Å². The van der Waals surface area contributed by atoms with Gasteiger partial charge in [0, 0.05) is 0 Å². The first-order valence-electron chi connectivity index (χ1n) is 10.6. The van der Waals surface area contributed by atoms with E-state index in [0.717, 1.165) is 6.54 Å². The van der Waals surface area contributed by atoms with Gasteiger partial charge in [0.25, 0.3) is 0 Å². The van der Waals surface area contributed by atoms with Crippen LogP contribution in [0.2, 0.25) is 0 Å². The molecular formula is C21H44ClNO2. The molecule has 0 saturated carbocycles. The molecule has 152 valence electrons. The zero-order valence-electron chi connectivity index (χ0n) is 16.6. The molecule has 0 aliphatic carbocycles. The standard InChI is InChI=1S/C21H43NO2.ClH/c1-2-3-4-5-6-7-8-9-10-11-12-13-14-15-16-17-18-19-22-20-21(23)24;/h10-11,21-24H,2-9,12-20H2,1H3;1H. The summed E-state index contributed by atoms with van der Waals surface area (Å²) in [6, 6.07) is 0. The second-order valence-electron chi connectivity index (χ2n) is 7.09. The maximum atomic E-state index is 8.71. The normalized spacial score (nSPS) is 11.4. The van der Waals surface area contributed by atoms with E-state index in [1.807, 2.05) is 5.32 Å². The van der Waals surface area contributed by atoms with E-state index in [2.05, 4.69) is 19.1 Å². The van der Waals surface area contributed by atoms with Crippen molar-refractivity contribution in [3.8, 4) is 0 Å². The summed E-state index contributed by atoms with van der Waals surface area (Å²) in [5.41, 5.74) is 0. The van der Waals surface area contributed by atoms with Crippen molar-refractivity contribution in [2.24, 2.45) is 0 Å². The number of rotatable bonds is 19. The number of quaternary nitrogens is 1. The molecule has 0 bridgehead atoms. The molecule has 4 heteroatoms. The summed E-state index contributed by atoms with van der Waals surface area (Å²) in [6.07, 6.45) is 23.7. The average molecular weight is 378 g/mol. The van der Waals surface area contributed by atoms with E-state index in [9.17, 15) is 0 Å². The van der Waals surface area contributed by atoms with Crippen LogP contribution in [0.25, 0.3) is 0 Å². The molecule has 0 aromatic carbocycles. The molecule has 0 spiro atoms. The second kappa shape index (κ2) is 23.9. The first-order valence-corrected chi connectivity index (χ1v) is 10.6. The topological polar surface area (TPSA) is 57.1 Å². The third-order valence-corrected chi connectivity index (χ3v) is 4.55. The second-order valence-corrected chi connectivity index (χ2v) is 7.09. The predicted octanol–water partition coefficient (Wildman–Crippen LogP) is 1.29. The van der Waals surface area contributed by atoms with Crippen LogP contribution in [-0.2, 0) is 0 Å². The molecule has 3 nitrogen and oxygen atoms in total. The summed E-state index contributed by atoms with van der Waals surface area (Å²) in [5, 5.41) is 19.4. The van der Waals surface area contributed by atoms with E-state index in [1.54, 1.807) is 0 Å². The van der Waals surface area contributed by atoms with E-state index in [0.29, 0.717) is 6.54 Å². The quantitative estimate of drug-likeness (QED) is 0.180. The number of allylic oxidation sites excluding steroid dienone is 2. The highest BCUT2D eigenvalue weighted by molar-refractivity contribution is 4.81. The van der Waals surface area contributed by atoms with Crippen LogP contribution >= 0.6 is 0 Å². The van der Waals surface area contributed by atoms with Crippen LogP contribution in [0.3, 0.4) is 0 Å². The lowest BCUT2D eigenvalue weighted by Gasteiger charge is -2.03. The zero-order chi connectivity index (χ0) is 17.7. The molecular weight excluding hydrogens is 334 g/mol. The van der Waals surface area contributed by atoms with Crippen LogP contribution in [0.5, 0.6) is 0 Å². The van der Waals surface area contributed by atoms with Gasteiger partial charge in [0.15, 0.2) is 0 Å². The minimum atomic E-state index is -1.16. The summed E-state index contributed by atoms with van der Waals surface area (Å²) in [4.78, 5) is 0. The highest BCUT2D eigenvalue weighted by Crippen LogP contribution is 2.10. The highest BCUT2D eigenvalue weighted by Gasteiger charge is 1.98. The van der Waals surface area contributed by atoms with Crippen molar-refractivity contribution in [2.45, 2.75) is 110 Å². The van der Waals surface area contributed by atoms with E-state index in [-0.39, 0.29) is 12.4 Å². The molecule has 0 radical (unpaired) electrons. The third-order valence-electron chi connectivity index (χ3n) is 4.55. The molecule has 0 rings (SSSR count). The molecule has 0 heterocycles. The molecule has 0 aliphatic heterocycles. The summed E-state index contributed by atoms with van der Waals surface area (Å²) in [5.74, 6) is 0. The number of aliphatic hydroxyl groups is 2. The van der Waals surface area contributed by atoms with Crippen LogP contribution in [-0.4, -0.2) is 29.6 Å². The summed E-state index contributed by atoms with van der Waals surface area (Å²) in [7, 11) is 0. The molecule has 25 heavy (non-hydrogen) atoms. The number of hydrogen-bond donors (Lipinski definition) is 3. The molecule has 0 saturated heterocycles. The van der Waals surface area contributed by atoms with Gasteiger partial charge in [-0.1, -0.05) is 76.9 Å². The van der Waals surface area contributed by atoms with Gasteiger partial charge in [-0.3, -0.25) is 0 Å². The van der Waals surface area contributed by atoms with Crippen LogP contribution in [0.4, 0.5) is 0 Å². The Morgan fingerprint density at radius 2 is 1.12 bits per heavy atom. The Bertz CT molecular complexity index is 260. The molecule has 0 aliphatic rings. The lowest BCUT2D eigenvalue weighted by molar-refractivity contribution is -0.667. The fourth-order valence-corrected chi connectivity index (χ4v) is 2.98. The summed E-state index contributed by atoms with van der Waals surface area (Å²) < 4.78 is 0. The minimum absolute atomic E-state index is 0. The number of unbranched alkanes of at least 4 members (excludes halogenated alkanes) is 13. The molecule has 0 aromatic heterocycles. The first-order chi connectivity index (χ1) is 11.8. The van der Waals surface area contributed by atoms with E-state index < -0.39 is 6.29 Å². The number of aliphatic hydroxyl groups excluding tert-OH is 1. The van der Waals surface area contributed by atoms with E-state index in [1.165, 1.54) is 96.3 Å². The van der Waals surface area contributed by atoms with Crippen molar-refractivity contribution in [3.63, 3.8) is 0 Å². The van der Waals surface area contributed by atoms with Gasteiger partial charge in [0.2, 0.25) is 6.29 Å². The number of hydrogen-bond acceptors (Lipinski definition) is 2. The first kappa shape index (κ1) is 27.1. The van der Waals surface area contributed by atoms with Crippen molar-refractivity contribution in [3.05, 3.63) is 12.2 Å². The van der Waals surface area contributed by atoms with Crippen molar-refractivity contribution >= 4 is 0 Å². The van der Waals surface area contributed by atoms with Gasteiger partial charge in [-0.2, -0.15) is 0 Å². The smallest absolute Gasteiger partial charge is 0.202 e. The van der Waals surface area contributed by atoms with Gasteiger partial charge in [-0.15, -0.1) is 0 Å². The largest absolute Gasteiger partial charge is 1.00 e. The monoisotopic (exact) mass is 377 g/mol. The zero-order valence-corrected chi connectivity index (χ0v) is 17.4. The van der Waals surface area contributed by atoms with Gasteiger partial charge >= 0.3 is 0 Å². The number of halogens is 1. The van der Waals surface area contributed by atoms with Gasteiger partial charge < -0.3 is 27.9 Å². The van der Waals surface area contributed by atoms with Crippen molar-refractivity contribution < 1.29 is 27.9 Å². The molecule has 0 amide bonds. The molecule has 0 atom stereocenters. The lowest BCUT2D eigenvalue weighted by atomic mass is 10.1. The van der Waals surface area contributed by atoms with Crippen LogP contribution in [0, 0.1) is 0 Å². The van der Waals surface area contributed by atoms with Gasteiger partial charge in [0.05, 0.1) is 6.54 Å². The Morgan fingerprint density at radius 1 is 0.680 bits per heavy atom. The highest BCUT2D eigenvalue weighted by atomic mass is 35.5. The predicted molar refractivity (Wildman–Crippen MR) is 104 cm³/mol. The fraction of sp³-hybridized carbons (Fsp3) is 0.905. The Balaban J connectivity index is 0. The SMILES string of the molecule is CCCCCCCCCC=CCCCCCCCC[NH2+]CC(O)O.[Cl-]. The maximum Gasteiger partial charge on any atom is 0.202 e. The molecule has 0 fully saturated rings. The lowest BCUT2D eigenvalue weighted by Crippen LogP contribution is -3.00. The molecule has 0 aromatic rings. The van der Waals surface area contributed by atoms with Crippen LogP contribution in [0.1, 0.15) is 103 Å². The van der Waals surface area contributed by atoms with Crippen LogP contribution in [0.15, 0.2) is 12.2 Å². The van der Waals surface area contributed by atoms with E-state index >= 15 is 0 Å². The van der Waals surface area contributed by atoms with Crippen molar-refractivity contribution in [1.29, 1.82) is 0 Å². The Morgan fingerprint density at radius 3 is 1.60 bits per heavy atom. The molecule has 0 unspecified atom stereocenters. The fourth-order valence-electron chi connectivity index (χ4n) is 2.98. The molecule has 4 N–H and O–H groups in total. The van der Waals surface area contributed by atoms with Crippen molar-refractivity contribution in [2.75, 3.05) is 13.1 Å². The van der Waals surface area contributed by atoms with Crippen molar-refractivity contribution in [1.82, 2.24) is 0 Å². The third kappa shape index (κ3) is 26.3. The Labute approximate surface area is 163 Å². The maximum absolute atomic E-state index is 8.71. The Kier molecular flexibility index (Phi) is 25.9. The average Bonchev–Trinajstić information content (AvgIpc) is 2.56. The number of nitrogens with two attached hydrogens (primary N) is 1. The minimum Gasteiger partial charge on any atom is -1.00 e. The summed E-state index contributed by atoms with van der Waals surface area (Å²) in [6.45, 7) is 3.70. The van der Waals surface area contributed by atoms with Gasteiger partial charge in [-0.05, 0) is 38.5 Å². The Hall–Kier alpha value is -0.0900. The van der Waals surface area contributed by atoms with E-state index in [4.69, 9.17) is 10.2 Å².